The third kappa shape index (κ3) is 5.99. The summed E-state index contributed by atoms with van der Waals surface area (Å²) in [6.07, 6.45) is 4.19. The third-order valence-electron chi connectivity index (χ3n) is 9.77. The van der Waals surface area contributed by atoms with Crippen molar-refractivity contribution in [1.82, 2.24) is 19.8 Å². The number of nitrogens with zero attached hydrogens (tertiary/aromatic N) is 3. The summed E-state index contributed by atoms with van der Waals surface area (Å²) in [4.78, 5) is 60.1. The van der Waals surface area contributed by atoms with Crippen LogP contribution < -0.4 is 15.6 Å². The smallest absolute Gasteiger partial charge is 0.408 e. The molecule has 2 aliphatic carbocycles. The molecule has 4 aliphatic rings. The maximum Gasteiger partial charge on any atom is 0.408 e. The van der Waals surface area contributed by atoms with Gasteiger partial charge in [0.05, 0.1) is 24.6 Å². The molecule has 7 atom stereocenters. The van der Waals surface area contributed by atoms with Crippen molar-refractivity contribution in [3.05, 3.63) is 33.6 Å². The molecular formula is C32H41ClN4O7. The minimum atomic E-state index is -0.965. The van der Waals surface area contributed by atoms with Crippen molar-refractivity contribution in [2.45, 2.75) is 96.6 Å². The van der Waals surface area contributed by atoms with E-state index in [-0.39, 0.29) is 36.6 Å². The van der Waals surface area contributed by atoms with Crippen LogP contribution in [0.3, 0.4) is 0 Å². The number of aromatic nitrogens is 2. The predicted molar refractivity (Wildman–Crippen MR) is 162 cm³/mol. The Morgan fingerprint density at radius 3 is 2.61 bits per heavy atom. The molecule has 3 heterocycles. The molecule has 3 fully saturated rings. The summed E-state index contributed by atoms with van der Waals surface area (Å²) in [5.41, 5.74) is -0.506. The second-order valence-corrected chi connectivity index (χ2v) is 14.2. The molecule has 2 aromatic rings. The first-order chi connectivity index (χ1) is 20.9. The zero-order valence-electron chi connectivity index (χ0n) is 25.7. The van der Waals surface area contributed by atoms with E-state index in [0.29, 0.717) is 34.3 Å². The van der Waals surface area contributed by atoms with E-state index in [1.807, 2.05) is 20.8 Å². The van der Waals surface area contributed by atoms with Crippen molar-refractivity contribution in [3.8, 4) is 6.01 Å². The lowest BCUT2D eigenvalue weighted by Crippen LogP contribution is -2.57. The highest BCUT2D eigenvalue weighted by Gasteiger charge is 2.54. The highest BCUT2D eigenvalue weighted by atomic mass is 35.5. The Balaban J connectivity index is 1.37. The minimum absolute atomic E-state index is 0.0411. The number of hydrogen-bond acceptors (Lipinski definition) is 8. The second kappa shape index (κ2) is 11.9. The Kier molecular flexibility index (Phi) is 8.28. The maximum absolute atomic E-state index is 14.1. The number of fused-ring (bicyclic) bond motifs is 7. The maximum atomic E-state index is 14.1. The van der Waals surface area contributed by atoms with Crippen LogP contribution >= 0.6 is 11.6 Å². The average molecular weight is 629 g/mol. The molecule has 2 bridgehead atoms. The van der Waals surface area contributed by atoms with Crippen LogP contribution in [0.15, 0.2) is 23.0 Å². The molecule has 44 heavy (non-hydrogen) atoms. The summed E-state index contributed by atoms with van der Waals surface area (Å²) in [6, 6.07) is 3.18. The first kappa shape index (κ1) is 30.7. The average Bonchev–Trinajstić information content (AvgIpc) is 3.46. The van der Waals surface area contributed by atoms with Crippen molar-refractivity contribution in [1.29, 1.82) is 0 Å². The number of halogens is 1. The molecule has 2 amide bonds. The Hall–Kier alpha value is -3.34. The van der Waals surface area contributed by atoms with Gasteiger partial charge in [0.1, 0.15) is 24.3 Å². The SMILES string of the molecule is COC(=O)[C@@H]1C[C@@H]2CN1C(=O)[C@H](C(C)(C)C)NC(=O)O[C@@H]1C[C@@H]3C[C@@H]3[C@H]1CCCCCn1c(nc3cc(Cl)ccc3c1=O)O2. The number of esters is 1. The molecule has 6 rings (SSSR count). The monoisotopic (exact) mass is 628 g/mol. The van der Waals surface area contributed by atoms with Gasteiger partial charge in [0, 0.05) is 18.0 Å². The van der Waals surface area contributed by atoms with Gasteiger partial charge >= 0.3 is 12.1 Å². The quantitative estimate of drug-likeness (QED) is 0.463. The van der Waals surface area contributed by atoms with Crippen molar-refractivity contribution in [3.63, 3.8) is 0 Å². The molecule has 1 saturated heterocycles. The molecule has 1 aromatic carbocycles. The van der Waals surface area contributed by atoms with Gasteiger partial charge in [-0.2, -0.15) is 4.98 Å². The summed E-state index contributed by atoms with van der Waals surface area (Å²) in [7, 11) is 1.27. The van der Waals surface area contributed by atoms with E-state index >= 15 is 0 Å². The van der Waals surface area contributed by atoms with Crippen molar-refractivity contribution < 1.29 is 28.6 Å². The molecule has 238 valence electrons. The number of alkyl carbamates (subject to hydrolysis) is 1. The van der Waals surface area contributed by atoms with Gasteiger partial charge in [-0.05, 0) is 67.1 Å². The Labute approximate surface area is 261 Å². The van der Waals surface area contributed by atoms with Crippen molar-refractivity contribution in [2.75, 3.05) is 13.7 Å². The van der Waals surface area contributed by atoms with Crippen LogP contribution in [0.5, 0.6) is 6.01 Å². The van der Waals surface area contributed by atoms with Gasteiger partial charge in [-0.15, -0.1) is 0 Å². The minimum Gasteiger partial charge on any atom is -0.467 e. The zero-order chi connectivity index (χ0) is 31.3. The number of methoxy groups -OCH3 is 1. The van der Waals surface area contributed by atoms with Gasteiger partial charge in [-0.25, -0.2) is 9.59 Å². The van der Waals surface area contributed by atoms with E-state index in [1.165, 1.54) is 18.4 Å². The van der Waals surface area contributed by atoms with Crippen LogP contribution in [0.4, 0.5) is 4.79 Å². The number of carbonyl (C=O) groups is 3. The molecule has 0 spiro atoms. The van der Waals surface area contributed by atoms with Crippen LogP contribution in [0.1, 0.15) is 65.7 Å². The van der Waals surface area contributed by atoms with Crippen LogP contribution in [0, 0.1) is 23.2 Å². The Morgan fingerprint density at radius 2 is 1.86 bits per heavy atom. The lowest BCUT2D eigenvalue weighted by Gasteiger charge is -2.35. The van der Waals surface area contributed by atoms with E-state index in [1.54, 1.807) is 22.8 Å². The molecule has 12 heteroatoms. The van der Waals surface area contributed by atoms with E-state index in [4.69, 9.17) is 25.8 Å². The molecular weight excluding hydrogens is 588 g/mol. The first-order valence-corrected chi connectivity index (χ1v) is 16.0. The van der Waals surface area contributed by atoms with Crippen molar-refractivity contribution in [2.24, 2.45) is 23.2 Å². The van der Waals surface area contributed by atoms with E-state index in [9.17, 15) is 19.2 Å². The lowest BCUT2D eigenvalue weighted by atomic mass is 9.85. The summed E-state index contributed by atoms with van der Waals surface area (Å²) in [5, 5.41) is 3.73. The number of ether oxygens (including phenoxy) is 3. The van der Waals surface area contributed by atoms with Crippen LogP contribution in [0.2, 0.25) is 5.02 Å². The molecule has 11 nitrogen and oxygen atoms in total. The third-order valence-corrected chi connectivity index (χ3v) is 10.0. The van der Waals surface area contributed by atoms with Gasteiger partial charge in [0.25, 0.3) is 11.6 Å². The van der Waals surface area contributed by atoms with Crippen LogP contribution in [0.25, 0.3) is 10.9 Å². The molecule has 2 aliphatic heterocycles. The number of rotatable bonds is 1. The normalized spacial score (nSPS) is 31.0. The summed E-state index contributed by atoms with van der Waals surface area (Å²) < 4.78 is 18.9. The number of hydrogen-bond donors (Lipinski definition) is 1. The highest BCUT2D eigenvalue weighted by Crippen LogP contribution is 2.57. The number of amides is 2. The standard InChI is InChI=1S/C32H41ClN4O7/c1-32(2,3)26-28(39)37-16-19(15-24(37)29(40)42-4)43-30-34-23-14-18(33)9-10-21(23)27(38)36(30)11-7-5-6-8-20-22-12-17(22)13-25(20)44-31(41)35-26/h9-10,14,17,19-20,22,24-26H,5-8,11-13,15-16H2,1-4H3,(H,35,41)/t17-,19+,20+,22-,24-,25+,26+/m0/s1. The second-order valence-electron chi connectivity index (χ2n) is 13.8. The predicted octanol–water partition coefficient (Wildman–Crippen LogP) is 4.31. The topological polar surface area (TPSA) is 129 Å². The van der Waals surface area contributed by atoms with E-state index in [0.717, 1.165) is 32.1 Å². The highest BCUT2D eigenvalue weighted by molar-refractivity contribution is 6.31. The van der Waals surface area contributed by atoms with Gasteiger partial charge < -0.3 is 24.4 Å². The fourth-order valence-electron chi connectivity index (χ4n) is 7.38. The van der Waals surface area contributed by atoms with Gasteiger partial charge in [-0.1, -0.05) is 45.2 Å². The van der Waals surface area contributed by atoms with E-state index in [2.05, 4.69) is 10.3 Å². The number of nitrogens with one attached hydrogen (secondary N) is 1. The summed E-state index contributed by atoms with van der Waals surface area (Å²) in [6.45, 7) is 6.01. The van der Waals surface area contributed by atoms with Crippen LogP contribution in [-0.2, 0) is 25.6 Å². The molecule has 0 radical (unpaired) electrons. The fourth-order valence-corrected chi connectivity index (χ4v) is 7.54. The zero-order valence-corrected chi connectivity index (χ0v) is 26.5. The fraction of sp³-hybridized carbons (Fsp3) is 0.656. The summed E-state index contributed by atoms with van der Waals surface area (Å²) in [5.74, 6) is 0.419. The Bertz CT molecular complexity index is 1520. The molecule has 1 N–H and O–H groups in total. The van der Waals surface area contributed by atoms with Crippen molar-refractivity contribution >= 4 is 40.5 Å². The Morgan fingerprint density at radius 1 is 1.07 bits per heavy atom. The first-order valence-electron chi connectivity index (χ1n) is 15.7. The molecule has 0 unspecified atom stereocenters. The molecule has 1 aromatic heterocycles. The van der Waals surface area contributed by atoms with Gasteiger partial charge in [0.2, 0.25) is 5.91 Å². The lowest BCUT2D eigenvalue weighted by molar-refractivity contribution is -0.152. The molecule has 2 saturated carbocycles. The van der Waals surface area contributed by atoms with Crippen LogP contribution in [-0.4, -0.2) is 70.4 Å². The number of carbonyl (C=O) groups excluding carboxylic acids is 3. The summed E-state index contributed by atoms with van der Waals surface area (Å²) >= 11 is 6.22. The van der Waals surface area contributed by atoms with Gasteiger partial charge in [-0.3, -0.25) is 14.2 Å². The van der Waals surface area contributed by atoms with Gasteiger partial charge in [0.15, 0.2) is 0 Å². The van der Waals surface area contributed by atoms with E-state index < -0.39 is 41.6 Å². The number of benzene rings is 1. The largest absolute Gasteiger partial charge is 0.467 e.